The predicted molar refractivity (Wildman–Crippen MR) is 61.2 cm³/mol. The van der Waals surface area contributed by atoms with Gasteiger partial charge in [-0.25, -0.2) is 4.68 Å². The van der Waals surface area contributed by atoms with Gasteiger partial charge in [-0.3, -0.25) is 0 Å². The lowest BCUT2D eigenvalue weighted by Crippen LogP contribution is -2.09. The Bertz CT molecular complexity index is 558. The summed E-state index contributed by atoms with van der Waals surface area (Å²) in [5.74, 6) is 0. The van der Waals surface area contributed by atoms with Crippen LogP contribution in [0.3, 0.4) is 0 Å². The van der Waals surface area contributed by atoms with E-state index < -0.39 is 11.9 Å². The fraction of sp³-hybridized carbons (Fsp3) is 0.250. The second-order valence-electron chi connectivity index (χ2n) is 3.91. The minimum Gasteiger partial charge on any atom is -0.326 e. The average Bonchev–Trinajstić information content (AvgIpc) is 2.71. The van der Waals surface area contributed by atoms with E-state index in [1.165, 1.54) is 4.68 Å². The summed E-state index contributed by atoms with van der Waals surface area (Å²) in [6.45, 7) is 1.83. The minimum atomic E-state index is -4.44. The number of alkyl halides is 3. The Morgan fingerprint density at radius 2 is 1.94 bits per heavy atom. The van der Waals surface area contributed by atoms with Gasteiger partial charge >= 0.3 is 6.18 Å². The van der Waals surface area contributed by atoms with E-state index in [0.717, 1.165) is 11.6 Å². The molecular weight excluding hydrogens is 243 g/mol. The van der Waals surface area contributed by atoms with Crippen molar-refractivity contribution in [2.75, 3.05) is 0 Å². The van der Waals surface area contributed by atoms with E-state index in [2.05, 4.69) is 5.10 Å². The second-order valence-corrected chi connectivity index (χ2v) is 3.91. The van der Waals surface area contributed by atoms with Crippen LogP contribution in [0.4, 0.5) is 13.2 Å². The molecule has 3 nitrogen and oxygen atoms in total. The molecule has 0 atom stereocenters. The molecular formula is C12H12F3N3. The van der Waals surface area contributed by atoms with Crippen LogP contribution in [0.2, 0.25) is 0 Å². The molecule has 0 radical (unpaired) electrons. The van der Waals surface area contributed by atoms with E-state index in [1.807, 2.05) is 0 Å². The first-order chi connectivity index (χ1) is 8.43. The van der Waals surface area contributed by atoms with E-state index in [1.54, 1.807) is 31.2 Å². The monoisotopic (exact) mass is 255 g/mol. The van der Waals surface area contributed by atoms with Crippen LogP contribution in [0, 0.1) is 6.92 Å². The van der Waals surface area contributed by atoms with Gasteiger partial charge in [0, 0.05) is 12.2 Å². The van der Waals surface area contributed by atoms with Crippen LogP contribution in [-0.2, 0) is 12.7 Å². The highest BCUT2D eigenvalue weighted by Crippen LogP contribution is 2.29. The highest BCUT2D eigenvalue weighted by Gasteiger charge is 2.34. The van der Waals surface area contributed by atoms with Gasteiger partial charge in [0.2, 0.25) is 0 Å². The second kappa shape index (κ2) is 4.45. The SMILES string of the molecule is Cc1cc(C(F)(F)F)nn1-c1ccccc1CN. The van der Waals surface area contributed by atoms with Crippen molar-refractivity contribution in [2.45, 2.75) is 19.6 Å². The lowest BCUT2D eigenvalue weighted by Gasteiger charge is -2.09. The molecule has 0 amide bonds. The number of rotatable bonds is 2. The molecule has 2 aromatic rings. The van der Waals surface area contributed by atoms with Crippen molar-refractivity contribution >= 4 is 0 Å². The molecule has 0 saturated heterocycles. The molecule has 6 heteroatoms. The molecule has 1 aromatic carbocycles. The van der Waals surface area contributed by atoms with Crippen LogP contribution >= 0.6 is 0 Å². The van der Waals surface area contributed by atoms with Crippen molar-refractivity contribution < 1.29 is 13.2 Å². The molecule has 1 heterocycles. The molecule has 0 aliphatic carbocycles. The number of aryl methyl sites for hydroxylation is 1. The first-order valence-electron chi connectivity index (χ1n) is 5.35. The van der Waals surface area contributed by atoms with Crippen LogP contribution in [-0.4, -0.2) is 9.78 Å². The Morgan fingerprint density at radius 3 is 2.50 bits per heavy atom. The molecule has 96 valence electrons. The number of para-hydroxylation sites is 1. The minimum absolute atomic E-state index is 0.247. The maximum absolute atomic E-state index is 12.6. The van der Waals surface area contributed by atoms with Gasteiger partial charge in [-0.1, -0.05) is 18.2 Å². The van der Waals surface area contributed by atoms with Gasteiger partial charge in [-0.05, 0) is 24.6 Å². The fourth-order valence-electron chi connectivity index (χ4n) is 1.75. The van der Waals surface area contributed by atoms with Crippen molar-refractivity contribution in [1.82, 2.24) is 9.78 Å². The molecule has 0 bridgehead atoms. The Morgan fingerprint density at radius 1 is 1.28 bits per heavy atom. The zero-order valence-corrected chi connectivity index (χ0v) is 9.70. The lowest BCUT2D eigenvalue weighted by molar-refractivity contribution is -0.141. The van der Waals surface area contributed by atoms with Gasteiger partial charge in [0.05, 0.1) is 5.69 Å². The van der Waals surface area contributed by atoms with Crippen LogP contribution < -0.4 is 5.73 Å². The normalized spacial score (nSPS) is 11.8. The Hall–Kier alpha value is -1.82. The highest BCUT2D eigenvalue weighted by atomic mass is 19.4. The summed E-state index contributed by atoms with van der Waals surface area (Å²) in [5.41, 5.74) is 6.41. The van der Waals surface area contributed by atoms with Crippen molar-refractivity contribution in [1.29, 1.82) is 0 Å². The Labute approximate surface area is 102 Å². The van der Waals surface area contributed by atoms with E-state index in [0.29, 0.717) is 11.4 Å². The summed E-state index contributed by atoms with van der Waals surface area (Å²) in [5, 5.41) is 3.60. The van der Waals surface area contributed by atoms with Crippen molar-refractivity contribution in [3.63, 3.8) is 0 Å². The van der Waals surface area contributed by atoms with Crippen molar-refractivity contribution in [3.05, 3.63) is 47.3 Å². The molecule has 2 N–H and O–H groups in total. The zero-order valence-electron chi connectivity index (χ0n) is 9.70. The fourth-order valence-corrected chi connectivity index (χ4v) is 1.75. The summed E-state index contributed by atoms with van der Waals surface area (Å²) in [4.78, 5) is 0. The first-order valence-corrected chi connectivity index (χ1v) is 5.35. The number of nitrogens with zero attached hydrogens (tertiary/aromatic N) is 2. The standard InChI is InChI=1S/C12H12F3N3/c1-8-6-11(12(13,14)15)17-18(8)10-5-3-2-4-9(10)7-16/h2-6H,7,16H2,1H3. The topological polar surface area (TPSA) is 43.8 Å². The van der Waals surface area contributed by atoms with Gasteiger partial charge in [0.25, 0.3) is 0 Å². The largest absolute Gasteiger partial charge is 0.435 e. The molecule has 0 saturated carbocycles. The molecule has 18 heavy (non-hydrogen) atoms. The summed E-state index contributed by atoms with van der Waals surface area (Å²) in [6, 6.07) is 8.01. The van der Waals surface area contributed by atoms with Gasteiger partial charge in [-0.15, -0.1) is 0 Å². The average molecular weight is 255 g/mol. The summed E-state index contributed by atoms with van der Waals surface area (Å²) < 4.78 is 39.0. The molecule has 0 aliphatic rings. The lowest BCUT2D eigenvalue weighted by atomic mass is 10.2. The van der Waals surface area contributed by atoms with Crippen molar-refractivity contribution in [3.8, 4) is 5.69 Å². The molecule has 0 unspecified atom stereocenters. The third-order valence-electron chi connectivity index (χ3n) is 2.62. The van der Waals surface area contributed by atoms with Gasteiger partial charge in [0.15, 0.2) is 5.69 Å². The van der Waals surface area contributed by atoms with E-state index in [4.69, 9.17) is 5.73 Å². The predicted octanol–water partition coefficient (Wildman–Crippen LogP) is 2.66. The first kappa shape index (κ1) is 12.6. The Balaban J connectivity index is 2.55. The van der Waals surface area contributed by atoms with E-state index in [-0.39, 0.29) is 6.54 Å². The maximum atomic E-state index is 12.6. The van der Waals surface area contributed by atoms with Crippen LogP contribution in [0.1, 0.15) is 17.0 Å². The van der Waals surface area contributed by atoms with Crippen LogP contribution in [0.5, 0.6) is 0 Å². The van der Waals surface area contributed by atoms with Crippen molar-refractivity contribution in [2.24, 2.45) is 5.73 Å². The van der Waals surface area contributed by atoms with Gasteiger partial charge < -0.3 is 5.73 Å². The summed E-state index contributed by atoms with van der Waals surface area (Å²) >= 11 is 0. The third-order valence-corrected chi connectivity index (χ3v) is 2.62. The van der Waals surface area contributed by atoms with E-state index >= 15 is 0 Å². The summed E-state index contributed by atoms with van der Waals surface area (Å²) in [6.07, 6.45) is -4.44. The third kappa shape index (κ3) is 2.24. The van der Waals surface area contributed by atoms with Crippen LogP contribution in [0.25, 0.3) is 5.69 Å². The number of hydrogen-bond acceptors (Lipinski definition) is 2. The molecule has 0 spiro atoms. The van der Waals surface area contributed by atoms with Crippen LogP contribution in [0.15, 0.2) is 30.3 Å². The smallest absolute Gasteiger partial charge is 0.326 e. The number of halogens is 3. The molecule has 0 fully saturated rings. The number of hydrogen-bond donors (Lipinski definition) is 1. The van der Waals surface area contributed by atoms with Gasteiger partial charge in [0.1, 0.15) is 0 Å². The molecule has 1 aromatic heterocycles. The maximum Gasteiger partial charge on any atom is 0.435 e. The van der Waals surface area contributed by atoms with E-state index in [9.17, 15) is 13.2 Å². The quantitative estimate of drug-likeness (QED) is 0.896. The Kier molecular flexibility index (Phi) is 3.13. The zero-order chi connectivity index (χ0) is 13.3. The highest BCUT2D eigenvalue weighted by molar-refractivity contribution is 5.41. The molecule has 0 aliphatic heterocycles. The molecule has 2 rings (SSSR count). The number of aromatic nitrogens is 2. The van der Waals surface area contributed by atoms with Gasteiger partial charge in [-0.2, -0.15) is 18.3 Å². The number of benzene rings is 1. The number of nitrogens with two attached hydrogens (primary N) is 1. The summed E-state index contributed by atoms with van der Waals surface area (Å²) in [7, 11) is 0.